The van der Waals surface area contributed by atoms with Gasteiger partial charge in [-0.2, -0.15) is 13.2 Å². The molecule has 110 valence electrons. The molecule has 0 amide bonds. The summed E-state index contributed by atoms with van der Waals surface area (Å²) in [7, 11) is 1.19. The summed E-state index contributed by atoms with van der Waals surface area (Å²) in [4.78, 5) is 15.5. The summed E-state index contributed by atoms with van der Waals surface area (Å²) >= 11 is 0. The number of pyridine rings is 1. The minimum atomic E-state index is -4.40. The molecule has 2 N–H and O–H groups in total. The number of carbonyl (C=O) groups is 1. The zero-order valence-corrected chi connectivity index (χ0v) is 10.9. The zero-order valence-electron chi connectivity index (χ0n) is 10.9. The SMILES string of the molecule is COC(=O)c1nc(-c2ccc(C(F)(F)F)cc2)ccc1N. The first kappa shape index (κ1) is 14.8. The maximum atomic E-state index is 12.5. The van der Waals surface area contributed by atoms with E-state index in [4.69, 9.17) is 5.73 Å². The number of anilines is 1. The highest BCUT2D eigenvalue weighted by molar-refractivity contribution is 5.93. The molecule has 0 spiro atoms. The fourth-order valence-corrected chi connectivity index (χ4v) is 1.72. The number of nitrogen functional groups attached to an aromatic ring is 1. The van der Waals surface area contributed by atoms with Crippen molar-refractivity contribution >= 4 is 11.7 Å². The van der Waals surface area contributed by atoms with Gasteiger partial charge < -0.3 is 10.5 Å². The average Bonchev–Trinajstić information content (AvgIpc) is 2.46. The molecule has 0 fully saturated rings. The van der Waals surface area contributed by atoms with E-state index < -0.39 is 17.7 Å². The Hall–Kier alpha value is -2.57. The Morgan fingerprint density at radius 1 is 1.14 bits per heavy atom. The number of hydrogen-bond acceptors (Lipinski definition) is 4. The predicted octanol–water partition coefficient (Wildman–Crippen LogP) is 3.14. The van der Waals surface area contributed by atoms with Crippen LogP contribution >= 0.6 is 0 Å². The molecule has 2 aromatic rings. The van der Waals surface area contributed by atoms with Crippen molar-refractivity contribution < 1.29 is 22.7 Å². The minimum absolute atomic E-state index is 0.0742. The van der Waals surface area contributed by atoms with Gasteiger partial charge in [0.05, 0.1) is 24.1 Å². The molecular formula is C14H11F3N2O2. The van der Waals surface area contributed by atoms with Crippen LogP contribution in [0.5, 0.6) is 0 Å². The van der Waals surface area contributed by atoms with Gasteiger partial charge in [0.15, 0.2) is 5.69 Å². The second kappa shape index (κ2) is 5.43. The molecular weight excluding hydrogens is 285 g/mol. The van der Waals surface area contributed by atoms with Gasteiger partial charge in [-0.15, -0.1) is 0 Å². The number of methoxy groups -OCH3 is 1. The lowest BCUT2D eigenvalue weighted by atomic mass is 10.1. The van der Waals surface area contributed by atoms with Crippen LogP contribution < -0.4 is 5.73 Å². The van der Waals surface area contributed by atoms with E-state index in [1.165, 1.54) is 31.4 Å². The molecule has 7 heteroatoms. The molecule has 1 aromatic carbocycles. The standard InChI is InChI=1S/C14H11F3N2O2/c1-21-13(20)12-10(18)6-7-11(19-12)8-2-4-9(5-3-8)14(15,16)17/h2-7H,18H2,1H3. The van der Waals surface area contributed by atoms with Crippen molar-refractivity contribution in [2.75, 3.05) is 12.8 Å². The molecule has 0 aliphatic carbocycles. The van der Waals surface area contributed by atoms with Crippen LogP contribution in [0.4, 0.5) is 18.9 Å². The number of carbonyl (C=O) groups excluding carboxylic acids is 1. The Bertz CT molecular complexity index is 667. The van der Waals surface area contributed by atoms with Crippen molar-refractivity contribution in [2.45, 2.75) is 6.18 Å². The molecule has 2 rings (SSSR count). The van der Waals surface area contributed by atoms with E-state index in [1.54, 1.807) is 0 Å². The van der Waals surface area contributed by atoms with E-state index in [0.29, 0.717) is 11.3 Å². The number of esters is 1. The van der Waals surface area contributed by atoms with Crippen molar-refractivity contribution in [1.82, 2.24) is 4.98 Å². The number of aromatic nitrogens is 1. The van der Waals surface area contributed by atoms with E-state index in [-0.39, 0.29) is 11.4 Å². The first-order chi connectivity index (χ1) is 9.82. The molecule has 21 heavy (non-hydrogen) atoms. The predicted molar refractivity (Wildman–Crippen MR) is 70.4 cm³/mol. The molecule has 0 unspecified atom stereocenters. The third-order valence-corrected chi connectivity index (χ3v) is 2.81. The van der Waals surface area contributed by atoms with Crippen LogP contribution in [0.1, 0.15) is 16.1 Å². The summed E-state index contributed by atoms with van der Waals surface area (Å²) in [6.07, 6.45) is -4.40. The topological polar surface area (TPSA) is 65.2 Å². The van der Waals surface area contributed by atoms with Crippen LogP contribution in [0.25, 0.3) is 11.3 Å². The minimum Gasteiger partial charge on any atom is -0.464 e. The Morgan fingerprint density at radius 2 is 1.76 bits per heavy atom. The van der Waals surface area contributed by atoms with Crippen molar-refractivity contribution in [3.05, 3.63) is 47.7 Å². The molecule has 0 atom stereocenters. The van der Waals surface area contributed by atoms with E-state index in [1.807, 2.05) is 0 Å². The summed E-state index contributed by atoms with van der Waals surface area (Å²) in [6, 6.07) is 7.43. The Morgan fingerprint density at radius 3 is 2.29 bits per heavy atom. The fraction of sp³-hybridized carbons (Fsp3) is 0.143. The largest absolute Gasteiger partial charge is 0.464 e. The van der Waals surface area contributed by atoms with E-state index in [9.17, 15) is 18.0 Å². The number of alkyl halides is 3. The summed E-state index contributed by atoms with van der Waals surface area (Å²) in [5, 5.41) is 0. The van der Waals surface area contributed by atoms with Crippen LogP contribution in [0.2, 0.25) is 0 Å². The smallest absolute Gasteiger partial charge is 0.416 e. The van der Waals surface area contributed by atoms with Gasteiger partial charge in [0.2, 0.25) is 0 Å². The number of rotatable bonds is 2. The average molecular weight is 296 g/mol. The van der Waals surface area contributed by atoms with Crippen LogP contribution in [0.15, 0.2) is 36.4 Å². The molecule has 0 saturated heterocycles. The monoisotopic (exact) mass is 296 g/mol. The Labute approximate surface area is 118 Å². The second-order valence-electron chi connectivity index (χ2n) is 4.20. The van der Waals surface area contributed by atoms with Crippen LogP contribution in [0.3, 0.4) is 0 Å². The maximum Gasteiger partial charge on any atom is 0.416 e. The molecule has 0 saturated carbocycles. The number of ether oxygens (including phenoxy) is 1. The summed E-state index contributed by atoms with van der Waals surface area (Å²) in [6.45, 7) is 0. The first-order valence-electron chi connectivity index (χ1n) is 5.85. The summed E-state index contributed by atoms with van der Waals surface area (Å²) in [5.74, 6) is -0.707. The van der Waals surface area contributed by atoms with Gasteiger partial charge in [0.25, 0.3) is 0 Å². The third kappa shape index (κ3) is 3.13. The zero-order chi connectivity index (χ0) is 15.6. The Kier molecular flexibility index (Phi) is 3.84. The van der Waals surface area contributed by atoms with E-state index >= 15 is 0 Å². The molecule has 0 aliphatic rings. The van der Waals surface area contributed by atoms with Gasteiger partial charge in [-0.05, 0) is 24.3 Å². The highest BCUT2D eigenvalue weighted by atomic mass is 19.4. The molecule has 0 bridgehead atoms. The van der Waals surface area contributed by atoms with Crippen molar-refractivity contribution in [2.24, 2.45) is 0 Å². The van der Waals surface area contributed by atoms with Gasteiger partial charge in [0.1, 0.15) is 0 Å². The third-order valence-electron chi connectivity index (χ3n) is 2.81. The number of hydrogen-bond donors (Lipinski definition) is 1. The number of nitrogens with zero attached hydrogens (tertiary/aromatic N) is 1. The van der Waals surface area contributed by atoms with Gasteiger partial charge in [-0.3, -0.25) is 0 Å². The molecule has 0 aliphatic heterocycles. The number of halogens is 3. The van der Waals surface area contributed by atoms with Crippen molar-refractivity contribution in [1.29, 1.82) is 0 Å². The van der Waals surface area contributed by atoms with E-state index in [2.05, 4.69) is 9.72 Å². The number of nitrogens with two attached hydrogens (primary N) is 1. The lowest BCUT2D eigenvalue weighted by Crippen LogP contribution is -2.09. The second-order valence-corrected chi connectivity index (χ2v) is 4.20. The van der Waals surface area contributed by atoms with Crippen LogP contribution in [-0.2, 0) is 10.9 Å². The normalized spacial score (nSPS) is 11.2. The Balaban J connectivity index is 2.41. The highest BCUT2D eigenvalue weighted by Gasteiger charge is 2.30. The summed E-state index contributed by atoms with van der Waals surface area (Å²) in [5.41, 5.74) is 5.69. The molecule has 1 heterocycles. The lowest BCUT2D eigenvalue weighted by molar-refractivity contribution is -0.137. The lowest BCUT2D eigenvalue weighted by Gasteiger charge is -2.09. The first-order valence-corrected chi connectivity index (χ1v) is 5.85. The summed E-state index contributed by atoms with van der Waals surface area (Å²) < 4.78 is 42.0. The quantitative estimate of drug-likeness (QED) is 0.865. The highest BCUT2D eigenvalue weighted by Crippen LogP contribution is 2.30. The molecule has 4 nitrogen and oxygen atoms in total. The van der Waals surface area contributed by atoms with Crippen LogP contribution in [0, 0.1) is 0 Å². The van der Waals surface area contributed by atoms with E-state index in [0.717, 1.165) is 12.1 Å². The molecule has 0 radical (unpaired) electrons. The maximum absolute atomic E-state index is 12.5. The molecule has 1 aromatic heterocycles. The van der Waals surface area contributed by atoms with Crippen molar-refractivity contribution in [3.8, 4) is 11.3 Å². The van der Waals surface area contributed by atoms with Gasteiger partial charge in [-0.1, -0.05) is 12.1 Å². The van der Waals surface area contributed by atoms with Crippen LogP contribution in [-0.4, -0.2) is 18.1 Å². The van der Waals surface area contributed by atoms with Gasteiger partial charge in [-0.25, -0.2) is 9.78 Å². The van der Waals surface area contributed by atoms with Gasteiger partial charge >= 0.3 is 12.1 Å². The van der Waals surface area contributed by atoms with Gasteiger partial charge in [0, 0.05) is 5.56 Å². The van der Waals surface area contributed by atoms with Crippen molar-refractivity contribution in [3.63, 3.8) is 0 Å². The number of benzene rings is 1. The fourth-order valence-electron chi connectivity index (χ4n) is 1.72.